The van der Waals surface area contributed by atoms with Crippen LogP contribution in [0.3, 0.4) is 0 Å². The van der Waals surface area contributed by atoms with Gasteiger partial charge in [-0.05, 0) is 12.1 Å². The first-order valence-electron chi connectivity index (χ1n) is 3.18. The maximum Gasteiger partial charge on any atom is 0.257 e. The lowest BCUT2D eigenvalue weighted by atomic mass is 10.2. The Kier molecular flexibility index (Phi) is 1.94. The summed E-state index contributed by atoms with van der Waals surface area (Å²) in [4.78, 5) is 10.8. The van der Waals surface area contributed by atoms with Gasteiger partial charge >= 0.3 is 0 Å². The standard InChI is InChI=1S/C7H9NO3/c1-4-6(5(2)9)11-8-7(4)10-3/h1-3H3. The zero-order chi connectivity index (χ0) is 8.43. The molecule has 1 heterocycles. The van der Waals surface area contributed by atoms with Crippen molar-refractivity contribution in [3.63, 3.8) is 0 Å². The van der Waals surface area contributed by atoms with Crippen molar-refractivity contribution in [3.8, 4) is 5.88 Å². The molecule has 60 valence electrons. The van der Waals surface area contributed by atoms with E-state index in [1.165, 1.54) is 14.0 Å². The van der Waals surface area contributed by atoms with Crippen molar-refractivity contribution >= 4 is 5.78 Å². The van der Waals surface area contributed by atoms with Gasteiger partial charge < -0.3 is 9.26 Å². The van der Waals surface area contributed by atoms with E-state index in [-0.39, 0.29) is 11.5 Å². The van der Waals surface area contributed by atoms with Crippen LogP contribution in [0.25, 0.3) is 0 Å². The molecule has 0 radical (unpaired) electrons. The zero-order valence-electron chi connectivity index (χ0n) is 6.67. The molecule has 1 rings (SSSR count). The largest absolute Gasteiger partial charge is 0.479 e. The molecule has 0 spiro atoms. The summed E-state index contributed by atoms with van der Waals surface area (Å²) in [6.07, 6.45) is 0. The predicted octanol–water partition coefficient (Wildman–Crippen LogP) is 1.19. The van der Waals surface area contributed by atoms with Gasteiger partial charge in [0.05, 0.1) is 12.7 Å². The van der Waals surface area contributed by atoms with Crippen molar-refractivity contribution in [2.75, 3.05) is 7.11 Å². The third-order valence-corrected chi connectivity index (χ3v) is 1.39. The maximum absolute atomic E-state index is 10.8. The summed E-state index contributed by atoms with van der Waals surface area (Å²) in [5, 5.41) is 3.54. The number of aromatic nitrogens is 1. The van der Waals surface area contributed by atoms with Crippen LogP contribution in [0.1, 0.15) is 23.0 Å². The molecule has 0 saturated carbocycles. The number of carbonyl (C=O) groups excluding carboxylic acids is 1. The second-order valence-electron chi connectivity index (χ2n) is 2.20. The molecule has 0 aliphatic carbocycles. The molecule has 0 N–H and O–H groups in total. The van der Waals surface area contributed by atoms with Gasteiger partial charge in [0, 0.05) is 6.92 Å². The molecule has 4 nitrogen and oxygen atoms in total. The van der Waals surface area contributed by atoms with Crippen LogP contribution in [-0.2, 0) is 0 Å². The average Bonchev–Trinajstić information content (AvgIpc) is 2.30. The van der Waals surface area contributed by atoms with Crippen molar-refractivity contribution in [1.29, 1.82) is 0 Å². The van der Waals surface area contributed by atoms with E-state index in [1.807, 2.05) is 0 Å². The number of hydrogen-bond acceptors (Lipinski definition) is 4. The molecule has 0 bridgehead atoms. The van der Waals surface area contributed by atoms with E-state index >= 15 is 0 Å². The molecule has 1 aromatic heterocycles. The predicted molar refractivity (Wildman–Crippen MR) is 37.8 cm³/mol. The van der Waals surface area contributed by atoms with E-state index in [9.17, 15) is 4.79 Å². The number of ketones is 1. The van der Waals surface area contributed by atoms with E-state index in [4.69, 9.17) is 9.26 Å². The first-order chi connectivity index (χ1) is 5.16. The highest BCUT2D eigenvalue weighted by atomic mass is 16.5. The monoisotopic (exact) mass is 155 g/mol. The minimum Gasteiger partial charge on any atom is -0.479 e. The Hall–Kier alpha value is -1.32. The van der Waals surface area contributed by atoms with Gasteiger partial charge in [-0.25, -0.2) is 0 Å². The van der Waals surface area contributed by atoms with Crippen molar-refractivity contribution in [1.82, 2.24) is 5.16 Å². The van der Waals surface area contributed by atoms with Crippen LogP contribution < -0.4 is 4.74 Å². The Morgan fingerprint density at radius 2 is 2.27 bits per heavy atom. The second-order valence-corrected chi connectivity index (χ2v) is 2.20. The first-order valence-corrected chi connectivity index (χ1v) is 3.18. The second kappa shape index (κ2) is 2.74. The van der Waals surface area contributed by atoms with Crippen molar-refractivity contribution in [2.45, 2.75) is 13.8 Å². The Bertz CT molecular complexity index is 277. The lowest BCUT2D eigenvalue weighted by Crippen LogP contribution is -1.92. The quantitative estimate of drug-likeness (QED) is 0.602. The van der Waals surface area contributed by atoms with Crippen LogP contribution in [0.2, 0.25) is 0 Å². The Labute approximate surface area is 64.1 Å². The highest BCUT2D eigenvalue weighted by Gasteiger charge is 2.15. The fourth-order valence-corrected chi connectivity index (χ4v) is 0.840. The average molecular weight is 155 g/mol. The number of methoxy groups -OCH3 is 1. The number of hydrogen-bond donors (Lipinski definition) is 0. The Morgan fingerprint density at radius 1 is 1.64 bits per heavy atom. The van der Waals surface area contributed by atoms with E-state index in [1.54, 1.807) is 6.92 Å². The van der Waals surface area contributed by atoms with Crippen LogP contribution in [0.15, 0.2) is 4.52 Å². The molecule has 4 heteroatoms. The van der Waals surface area contributed by atoms with Gasteiger partial charge in [0.15, 0.2) is 5.78 Å². The van der Waals surface area contributed by atoms with E-state index < -0.39 is 0 Å². The smallest absolute Gasteiger partial charge is 0.257 e. The molecule has 0 unspecified atom stereocenters. The number of Topliss-reactive ketones (excluding diaryl/α,β-unsaturated/α-hetero) is 1. The highest BCUT2D eigenvalue weighted by Crippen LogP contribution is 2.19. The van der Waals surface area contributed by atoms with Gasteiger partial charge in [-0.2, -0.15) is 0 Å². The van der Waals surface area contributed by atoms with Gasteiger partial charge in [0.25, 0.3) is 5.88 Å². The van der Waals surface area contributed by atoms with Gasteiger partial charge in [-0.3, -0.25) is 4.79 Å². The van der Waals surface area contributed by atoms with Crippen molar-refractivity contribution < 1.29 is 14.1 Å². The van der Waals surface area contributed by atoms with Crippen LogP contribution in [0.5, 0.6) is 5.88 Å². The zero-order valence-corrected chi connectivity index (χ0v) is 6.67. The summed E-state index contributed by atoms with van der Waals surface area (Å²) in [6.45, 7) is 3.15. The summed E-state index contributed by atoms with van der Waals surface area (Å²) in [5.74, 6) is 0.496. The topological polar surface area (TPSA) is 52.3 Å². The molecular weight excluding hydrogens is 146 g/mol. The highest BCUT2D eigenvalue weighted by molar-refractivity contribution is 5.92. The third-order valence-electron chi connectivity index (χ3n) is 1.39. The minimum atomic E-state index is -0.140. The van der Waals surface area contributed by atoms with Gasteiger partial charge in [-0.15, -0.1) is 0 Å². The molecule has 1 aromatic rings. The van der Waals surface area contributed by atoms with Crippen molar-refractivity contribution in [2.24, 2.45) is 0 Å². The van der Waals surface area contributed by atoms with E-state index in [0.717, 1.165) is 0 Å². The summed E-state index contributed by atoms with van der Waals surface area (Å²) >= 11 is 0. The maximum atomic E-state index is 10.8. The third kappa shape index (κ3) is 1.24. The molecule has 0 atom stereocenters. The first kappa shape index (κ1) is 7.78. The van der Waals surface area contributed by atoms with Crippen LogP contribution in [-0.4, -0.2) is 18.0 Å². The molecular formula is C7H9NO3. The number of rotatable bonds is 2. The Balaban J connectivity index is 3.10. The summed E-state index contributed by atoms with van der Waals surface area (Å²) in [6, 6.07) is 0. The lowest BCUT2D eigenvalue weighted by molar-refractivity contribution is 0.0977. The summed E-state index contributed by atoms with van der Waals surface area (Å²) in [5.41, 5.74) is 0.653. The van der Waals surface area contributed by atoms with Gasteiger partial charge in [0.2, 0.25) is 5.76 Å². The molecule has 0 aromatic carbocycles. The van der Waals surface area contributed by atoms with Gasteiger partial charge in [0.1, 0.15) is 0 Å². The minimum absolute atomic E-state index is 0.140. The molecule has 0 saturated heterocycles. The van der Waals surface area contributed by atoms with Crippen molar-refractivity contribution in [3.05, 3.63) is 11.3 Å². The summed E-state index contributed by atoms with van der Waals surface area (Å²) < 4.78 is 9.54. The fraction of sp³-hybridized carbons (Fsp3) is 0.429. The van der Waals surface area contributed by atoms with Crippen LogP contribution >= 0.6 is 0 Å². The molecule has 11 heavy (non-hydrogen) atoms. The SMILES string of the molecule is COc1noc(C(C)=O)c1C. The number of carbonyl (C=O) groups is 1. The molecule has 0 fully saturated rings. The number of ether oxygens (including phenoxy) is 1. The lowest BCUT2D eigenvalue weighted by Gasteiger charge is -1.91. The molecule has 0 aliphatic rings. The van der Waals surface area contributed by atoms with Crippen LogP contribution in [0, 0.1) is 6.92 Å². The number of nitrogens with zero attached hydrogens (tertiary/aromatic N) is 1. The van der Waals surface area contributed by atoms with E-state index in [2.05, 4.69) is 5.16 Å². The normalized spacial score (nSPS) is 9.73. The van der Waals surface area contributed by atoms with Crippen LogP contribution in [0.4, 0.5) is 0 Å². The van der Waals surface area contributed by atoms with Gasteiger partial charge in [-0.1, -0.05) is 0 Å². The van der Waals surface area contributed by atoms with E-state index in [0.29, 0.717) is 11.4 Å². The molecule has 0 aliphatic heterocycles. The molecule has 0 amide bonds. The summed E-state index contributed by atoms with van der Waals surface area (Å²) in [7, 11) is 1.48. The fourth-order valence-electron chi connectivity index (χ4n) is 0.840. The Morgan fingerprint density at radius 3 is 2.55 bits per heavy atom.